The van der Waals surface area contributed by atoms with Crippen molar-refractivity contribution in [3.05, 3.63) is 42.0 Å². The zero-order chi connectivity index (χ0) is 18.6. The zero-order valence-corrected chi connectivity index (χ0v) is 18.8. The number of para-hydroxylation sites is 1. The standard InChI is InChI=1S/C19H30N6O.HI/c1-4-25(17-10-6-5-7-11-17)15-9-14-22-19(20-3)21-13-8-12-18-23-16(2)24-26-18;/h5-7,10-11H,4,8-9,12-15H2,1-3H3,(H2,20,21,22);1H. The van der Waals surface area contributed by atoms with Crippen LogP contribution in [0.5, 0.6) is 0 Å². The maximum absolute atomic E-state index is 5.11. The minimum atomic E-state index is 0. The van der Waals surface area contributed by atoms with E-state index in [-0.39, 0.29) is 24.0 Å². The molecular formula is C19H31IN6O. The van der Waals surface area contributed by atoms with Crippen LogP contribution in [0.25, 0.3) is 0 Å². The molecule has 0 aliphatic carbocycles. The molecular weight excluding hydrogens is 455 g/mol. The van der Waals surface area contributed by atoms with Gasteiger partial charge >= 0.3 is 0 Å². The Bertz CT molecular complexity index is 661. The van der Waals surface area contributed by atoms with Crippen LogP contribution < -0.4 is 15.5 Å². The van der Waals surface area contributed by atoms with Gasteiger partial charge in [-0.1, -0.05) is 23.4 Å². The van der Waals surface area contributed by atoms with Crippen LogP contribution in [0.4, 0.5) is 5.69 Å². The Hall–Kier alpha value is -1.84. The molecule has 2 aromatic rings. The Kier molecular flexibility index (Phi) is 11.5. The van der Waals surface area contributed by atoms with Gasteiger partial charge in [0.15, 0.2) is 11.8 Å². The summed E-state index contributed by atoms with van der Waals surface area (Å²) >= 11 is 0. The average Bonchev–Trinajstić information content (AvgIpc) is 3.09. The zero-order valence-electron chi connectivity index (χ0n) is 16.4. The molecule has 0 aliphatic rings. The van der Waals surface area contributed by atoms with E-state index in [1.165, 1.54) is 5.69 Å². The molecule has 0 bridgehead atoms. The Balaban J connectivity index is 0.00000364. The summed E-state index contributed by atoms with van der Waals surface area (Å²) < 4.78 is 5.11. The summed E-state index contributed by atoms with van der Waals surface area (Å²) in [4.78, 5) is 10.8. The molecule has 150 valence electrons. The molecule has 1 aromatic carbocycles. The van der Waals surface area contributed by atoms with Crippen molar-refractivity contribution >= 4 is 35.6 Å². The summed E-state index contributed by atoms with van der Waals surface area (Å²) in [6.45, 7) is 7.73. The maximum atomic E-state index is 5.11. The van der Waals surface area contributed by atoms with Gasteiger partial charge in [0.2, 0.25) is 5.89 Å². The molecule has 0 amide bonds. The number of hydrogen-bond donors (Lipinski definition) is 2. The van der Waals surface area contributed by atoms with Crippen molar-refractivity contribution in [3.63, 3.8) is 0 Å². The largest absolute Gasteiger partial charge is 0.372 e. The van der Waals surface area contributed by atoms with Gasteiger partial charge in [-0.25, -0.2) is 0 Å². The molecule has 7 nitrogen and oxygen atoms in total. The second-order valence-electron chi connectivity index (χ2n) is 6.03. The SMILES string of the molecule is CCN(CCCNC(=NC)NCCCc1nc(C)no1)c1ccccc1.I. The van der Waals surface area contributed by atoms with E-state index in [1.54, 1.807) is 7.05 Å². The smallest absolute Gasteiger partial charge is 0.226 e. The molecule has 1 heterocycles. The number of anilines is 1. The lowest BCUT2D eigenvalue weighted by Crippen LogP contribution is -2.39. The van der Waals surface area contributed by atoms with Crippen LogP contribution in [0.2, 0.25) is 0 Å². The molecule has 0 saturated heterocycles. The number of hydrogen-bond acceptors (Lipinski definition) is 5. The van der Waals surface area contributed by atoms with Crippen molar-refractivity contribution in [2.24, 2.45) is 4.99 Å². The highest BCUT2D eigenvalue weighted by atomic mass is 127. The van der Waals surface area contributed by atoms with Gasteiger partial charge in [0, 0.05) is 45.3 Å². The molecule has 0 unspecified atom stereocenters. The lowest BCUT2D eigenvalue weighted by Gasteiger charge is -2.23. The van der Waals surface area contributed by atoms with Crippen LogP contribution >= 0.6 is 24.0 Å². The van der Waals surface area contributed by atoms with E-state index in [9.17, 15) is 0 Å². The number of halogens is 1. The summed E-state index contributed by atoms with van der Waals surface area (Å²) in [5.74, 6) is 2.20. The number of guanidine groups is 1. The highest BCUT2D eigenvalue weighted by Gasteiger charge is 2.04. The van der Waals surface area contributed by atoms with Crippen molar-refractivity contribution in [1.29, 1.82) is 0 Å². The predicted molar refractivity (Wildman–Crippen MR) is 121 cm³/mol. The fourth-order valence-corrected chi connectivity index (χ4v) is 2.69. The second kappa shape index (κ2) is 13.3. The van der Waals surface area contributed by atoms with E-state index in [0.29, 0.717) is 11.7 Å². The molecule has 8 heteroatoms. The average molecular weight is 486 g/mol. The van der Waals surface area contributed by atoms with Crippen molar-refractivity contribution < 1.29 is 4.52 Å². The van der Waals surface area contributed by atoms with E-state index < -0.39 is 0 Å². The molecule has 0 atom stereocenters. The molecule has 2 N–H and O–H groups in total. The molecule has 0 saturated carbocycles. The van der Waals surface area contributed by atoms with E-state index in [1.807, 2.05) is 13.0 Å². The molecule has 0 radical (unpaired) electrons. The quantitative estimate of drug-likeness (QED) is 0.233. The van der Waals surface area contributed by atoms with Crippen LogP contribution in [0.15, 0.2) is 39.8 Å². The third-order valence-electron chi connectivity index (χ3n) is 4.05. The first-order valence-corrected chi connectivity index (χ1v) is 9.26. The number of aryl methyl sites for hydroxylation is 2. The molecule has 27 heavy (non-hydrogen) atoms. The summed E-state index contributed by atoms with van der Waals surface area (Å²) in [5, 5.41) is 10.5. The van der Waals surface area contributed by atoms with Gasteiger partial charge in [-0.05, 0) is 38.8 Å². The fraction of sp³-hybridized carbons (Fsp3) is 0.526. The predicted octanol–water partition coefficient (Wildman–Crippen LogP) is 3.01. The number of nitrogens with zero attached hydrogens (tertiary/aromatic N) is 4. The first-order chi connectivity index (χ1) is 12.7. The molecule has 0 spiro atoms. The second-order valence-corrected chi connectivity index (χ2v) is 6.03. The first-order valence-electron chi connectivity index (χ1n) is 9.26. The van der Waals surface area contributed by atoms with E-state index >= 15 is 0 Å². The van der Waals surface area contributed by atoms with E-state index in [0.717, 1.165) is 51.4 Å². The minimum absolute atomic E-state index is 0. The van der Waals surface area contributed by atoms with Crippen molar-refractivity contribution in [2.75, 3.05) is 38.1 Å². The minimum Gasteiger partial charge on any atom is -0.372 e. The van der Waals surface area contributed by atoms with Gasteiger partial charge in [-0.2, -0.15) is 4.98 Å². The van der Waals surface area contributed by atoms with Crippen molar-refractivity contribution in [3.8, 4) is 0 Å². The van der Waals surface area contributed by atoms with Gasteiger partial charge in [-0.15, -0.1) is 24.0 Å². The maximum Gasteiger partial charge on any atom is 0.226 e. The van der Waals surface area contributed by atoms with Gasteiger partial charge in [0.25, 0.3) is 0 Å². The van der Waals surface area contributed by atoms with Gasteiger partial charge in [-0.3, -0.25) is 4.99 Å². The number of benzene rings is 1. The van der Waals surface area contributed by atoms with Gasteiger partial charge in [0.1, 0.15) is 0 Å². The molecule has 1 aromatic heterocycles. The monoisotopic (exact) mass is 486 g/mol. The van der Waals surface area contributed by atoms with E-state index in [4.69, 9.17) is 4.52 Å². The highest BCUT2D eigenvalue weighted by molar-refractivity contribution is 14.0. The Morgan fingerprint density at radius 2 is 1.85 bits per heavy atom. The number of nitrogens with one attached hydrogen (secondary N) is 2. The lowest BCUT2D eigenvalue weighted by atomic mass is 10.2. The van der Waals surface area contributed by atoms with Crippen LogP contribution in [0.3, 0.4) is 0 Å². The summed E-state index contributed by atoms with van der Waals surface area (Å²) in [6, 6.07) is 10.5. The van der Waals surface area contributed by atoms with Crippen molar-refractivity contribution in [1.82, 2.24) is 20.8 Å². The number of aromatic nitrogens is 2. The van der Waals surface area contributed by atoms with Gasteiger partial charge < -0.3 is 20.1 Å². The van der Waals surface area contributed by atoms with Crippen LogP contribution in [-0.4, -0.2) is 49.3 Å². The van der Waals surface area contributed by atoms with Gasteiger partial charge in [0.05, 0.1) is 0 Å². The number of aliphatic imine (C=N–C) groups is 1. The Morgan fingerprint density at radius 3 is 2.44 bits per heavy atom. The summed E-state index contributed by atoms with van der Waals surface area (Å²) in [5.41, 5.74) is 1.27. The highest BCUT2D eigenvalue weighted by Crippen LogP contribution is 2.12. The third-order valence-corrected chi connectivity index (χ3v) is 4.05. The summed E-state index contributed by atoms with van der Waals surface area (Å²) in [7, 11) is 1.79. The molecule has 2 rings (SSSR count). The van der Waals surface area contributed by atoms with E-state index in [2.05, 4.69) is 61.9 Å². The normalized spacial score (nSPS) is 11.0. The third kappa shape index (κ3) is 8.59. The topological polar surface area (TPSA) is 78.6 Å². The lowest BCUT2D eigenvalue weighted by molar-refractivity contribution is 0.372. The summed E-state index contributed by atoms with van der Waals surface area (Å²) in [6.07, 6.45) is 2.73. The number of rotatable bonds is 10. The van der Waals surface area contributed by atoms with Crippen LogP contribution in [0.1, 0.15) is 31.5 Å². The van der Waals surface area contributed by atoms with Crippen LogP contribution in [0, 0.1) is 6.92 Å². The molecule has 0 aliphatic heterocycles. The van der Waals surface area contributed by atoms with Crippen LogP contribution in [-0.2, 0) is 6.42 Å². The first kappa shape index (κ1) is 23.2. The Labute approximate surface area is 179 Å². The Morgan fingerprint density at radius 1 is 1.15 bits per heavy atom. The fourth-order valence-electron chi connectivity index (χ4n) is 2.69. The van der Waals surface area contributed by atoms with Crippen molar-refractivity contribution in [2.45, 2.75) is 33.1 Å². The molecule has 0 fully saturated rings.